The topological polar surface area (TPSA) is 74.5 Å². The number of carbonyl (C=O) groups is 1. The molecule has 2 aromatic carbocycles. The van der Waals surface area contributed by atoms with Crippen molar-refractivity contribution in [1.82, 2.24) is 9.13 Å². The Morgan fingerprint density at radius 1 is 0.938 bits per heavy atom. The summed E-state index contributed by atoms with van der Waals surface area (Å²) in [6, 6.07) is 17.0. The third-order valence-corrected chi connectivity index (χ3v) is 5.48. The quantitative estimate of drug-likeness (QED) is 0.483. The lowest BCUT2D eigenvalue weighted by Gasteiger charge is -2.12. The molecule has 7 heteroatoms. The zero-order chi connectivity index (χ0) is 22.7. The summed E-state index contributed by atoms with van der Waals surface area (Å²) < 4.78 is 13.8. The van der Waals surface area contributed by atoms with Crippen LogP contribution in [0.5, 0.6) is 11.5 Å². The number of benzene rings is 2. The molecule has 32 heavy (non-hydrogen) atoms. The van der Waals surface area contributed by atoms with E-state index < -0.39 is 0 Å². The van der Waals surface area contributed by atoms with Crippen LogP contribution >= 0.6 is 0 Å². The van der Waals surface area contributed by atoms with Crippen LogP contribution in [0.25, 0.3) is 10.9 Å². The van der Waals surface area contributed by atoms with Gasteiger partial charge in [-0.15, -0.1) is 0 Å². The number of carbonyl (C=O) groups excluding carboxylic acids is 1. The summed E-state index contributed by atoms with van der Waals surface area (Å²) in [6.45, 7) is 2.55. The van der Waals surface area contributed by atoms with Crippen LogP contribution in [0.1, 0.15) is 11.1 Å². The van der Waals surface area contributed by atoms with Gasteiger partial charge in [-0.2, -0.15) is 0 Å². The van der Waals surface area contributed by atoms with Crippen molar-refractivity contribution in [2.45, 2.75) is 20.0 Å². The van der Waals surface area contributed by atoms with Crippen molar-refractivity contribution < 1.29 is 14.3 Å². The standard InChI is InChI=1S/C25H25N3O4/c1-17-6-4-5-7-19(17)15-27-12-10-18-11-13-28(25(30)24(18)27)16-23(29)26-20-8-9-21(31-2)22(14-20)32-3/h4-14H,15-16H2,1-3H3,(H,26,29). The average Bonchev–Trinajstić information content (AvgIpc) is 3.20. The minimum absolute atomic E-state index is 0.0985. The van der Waals surface area contributed by atoms with Gasteiger partial charge in [0.15, 0.2) is 11.5 Å². The van der Waals surface area contributed by atoms with Crippen LogP contribution in [0, 0.1) is 6.92 Å². The largest absolute Gasteiger partial charge is 0.493 e. The van der Waals surface area contributed by atoms with Crippen LogP contribution < -0.4 is 20.3 Å². The molecule has 2 heterocycles. The summed E-state index contributed by atoms with van der Waals surface area (Å²) in [5.74, 6) is 0.773. The Kier molecular flexibility index (Phi) is 5.98. The molecule has 1 amide bonds. The van der Waals surface area contributed by atoms with Crippen LogP contribution in [-0.2, 0) is 17.9 Å². The minimum atomic E-state index is -0.310. The predicted molar refractivity (Wildman–Crippen MR) is 125 cm³/mol. The Bertz CT molecular complexity index is 1340. The first kappa shape index (κ1) is 21.2. The van der Waals surface area contributed by atoms with E-state index in [0.29, 0.717) is 29.2 Å². The smallest absolute Gasteiger partial charge is 0.275 e. The van der Waals surface area contributed by atoms with Crippen molar-refractivity contribution in [2.75, 3.05) is 19.5 Å². The van der Waals surface area contributed by atoms with E-state index in [0.717, 1.165) is 10.9 Å². The Morgan fingerprint density at radius 2 is 1.66 bits per heavy atom. The number of aromatic nitrogens is 2. The average molecular weight is 431 g/mol. The summed E-state index contributed by atoms with van der Waals surface area (Å²) in [7, 11) is 3.08. The fraction of sp³-hybridized carbons (Fsp3) is 0.200. The van der Waals surface area contributed by atoms with Crippen molar-refractivity contribution in [1.29, 1.82) is 0 Å². The summed E-state index contributed by atoms with van der Waals surface area (Å²) in [6.07, 6.45) is 3.56. The molecule has 1 N–H and O–H groups in total. The van der Waals surface area contributed by atoms with Crippen LogP contribution in [0.3, 0.4) is 0 Å². The number of pyridine rings is 1. The zero-order valence-electron chi connectivity index (χ0n) is 18.3. The van der Waals surface area contributed by atoms with E-state index >= 15 is 0 Å². The van der Waals surface area contributed by atoms with E-state index in [4.69, 9.17) is 9.47 Å². The van der Waals surface area contributed by atoms with Gasteiger partial charge in [-0.25, -0.2) is 0 Å². The molecule has 0 radical (unpaired) electrons. The summed E-state index contributed by atoms with van der Waals surface area (Å²) in [4.78, 5) is 25.8. The highest BCUT2D eigenvalue weighted by Crippen LogP contribution is 2.29. The zero-order valence-corrected chi connectivity index (χ0v) is 18.3. The number of fused-ring (bicyclic) bond motifs is 1. The van der Waals surface area contributed by atoms with E-state index in [1.165, 1.54) is 17.2 Å². The van der Waals surface area contributed by atoms with Crippen LogP contribution in [0.2, 0.25) is 0 Å². The van der Waals surface area contributed by atoms with Gasteiger partial charge in [-0.1, -0.05) is 24.3 Å². The Morgan fingerprint density at radius 3 is 2.38 bits per heavy atom. The van der Waals surface area contributed by atoms with E-state index in [2.05, 4.69) is 24.4 Å². The van der Waals surface area contributed by atoms with Crippen molar-refractivity contribution in [2.24, 2.45) is 0 Å². The Labute approximate surface area is 185 Å². The Balaban J connectivity index is 1.57. The lowest BCUT2D eigenvalue weighted by Crippen LogP contribution is -2.28. The number of ether oxygens (including phenoxy) is 2. The number of anilines is 1. The van der Waals surface area contributed by atoms with Crippen molar-refractivity contribution >= 4 is 22.5 Å². The number of amides is 1. The van der Waals surface area contributed by atoms with E-state index in [1.807, 2.05) is 35.0 Å². The predicted octanol–water partition coefficient (Wildman–Crippen LogP) is 3.82. The van der Waals surface area contributed by atoms with Crippen LogP contribution in [0.4, 0.5) is 5.69 Å². The number of hydrogen-bond donors (Lipinski definition) is 1. The SMILES string of the molecule is COc1ccc(NC(=O)Cn2ccc3ccn(Cc4ccccc4C)c3c2=O)cc1OC. The van der Waals surface area contributed by atoms with Gasteiger partial charge < -0.3 is 23.9 Å². The number of hydrogen-bond acceptors (Lipinski definition) is 4. The molecule has 0 fully saturated rings. The highest BCUT2D eigenvalue weighted by Gasteiger charge is 2.13. The molecule has 0 unspecified atom stereocenters. The lowest BCUT2D eigenvalue weighted by molar-refractivity contribution is -0.116. The first-order valence-corrected chi connectivity index (χ1v) is 10.2. The summed E-state index contributed by atoms with van der Waals surface area (Å²) in [5, 5.41) is 3.65. The van der Waals surface area contributed by atoms with Gasteiger partial charge in [0.2, 0.25) is 5.91 Å². The van der Waals surface area contributed by atoms with Crippen molar-refractivity contribution in [3.63, 3.8) is 0 Å². The molecule has 0 bridgehead atoms. The second-order valence-electron chi connectivity index (χ2n) is 7.54. The Hall–Kier alpha value is -4.00. The molecular formula is C25H25N3O4. The van der Waals surface area contributed by atoms with Gasteiger partial charge in [0, 0.05) is 36.1 Å². The van der Waals surface area contributed by atoms with Crippen LogP contribution in [-0.4, -0.2) is 29.3 Å². The van der Waals surface area contributed by atoms with E-state index in [9.17, 15) is 9.59 Å². The molecule has 0 aliphatic carbocycles. The number of nitrogens with zero attached hydrogens (tertiary/aromatic N) is 2. The van der Waals surface area contributed by atoms with Gasteiger partial charge in [-0.05, 0) is 42.3 Å². The maximum atomic E-state index is 13.2. The molecule has 2 aromatic heterocycles. The molecule has 0 saturated carbocycles. The molecule has 164 valence electrons. The number of rotatable bonds is 7. The highest BCUT2D eigenvalue weighted by molar-refractivity contribution is 5.91. The van der Waals surface area contributed by atoms with Gasteiger partial charge in [-0.3, -0.25) is 9.59 Å². The molecule has 0 saturated heterocycles. The number of nitrogens with one attached hydrogen (secondary N) is 1. The highest BCUT2D eigenvalue weighted by atomic mass is 16.5. The van der Waals surface area contributed by atoms with Crippen LogP contribution in [0.15, 0.2) is 71.8 Å². The van der Waals surface area contributed by atoms with E-state index in [1.54, 1.807) is 31.5 Å². The molecule has 0 atom stereocenters. The lowest BCUT2D eigenvalue weighted by atomic mass is 10.1. The third kappa shape index (κ3) is 4.23. The first-order chi connectivity index (χ1) is 15.5. The maximum Gasteiger partial charge on any atom is 0.275 e. The van der Waals surface area contributed by atoms with Gasteiger partial charge in [0.25, 0.3) is 5.56 Å². The normalized spacial score (nSPS) is 10.8. The number of aryl methyl sites for hydroxylation is 1. The fourth-order valence-electron chi connectivity index (χ4n) is 3.74. The fourth-order valence-corrected chi connectivity index (χ4v) is 3.74. The molecular weight excluding hydrogens is 406 g/mol. The monoisotopic (exact) mass is 431 g/mol. The molecule has 0 spiro atoms. The first-order valence-electron chi connectivity index (χ1n) is 10.2. The second kappa shape index (κ2) is 9.01. The number of methoxy groups -OCH3 is 2. The molecule has 7 nitrogen and oxygen atoms in total. The van der Waals surface area contributed by atoms with Gasteiger partial charge in [0.05, 0.1) is 14.2 Å². The summed E-state index contributed by atoms with van der Waals surface area (Å²) >= 11 is 0. The molecule has 0 aliphatic heterocycles. The van der Waals surface area contributed by atoms with E-state index in [-0.39, 0.29) is 18.0 Å². The van der Waals surface area contributed by atoms with Crippen molar-refractivity contribution in [3.05, 3.63) is 88.5 Å². The van der Waals surface area contributed by atoms with Gasteiger partial charge in [0.1, 0.15) is 12.1 Å². The van der Waals surface area contributed by atoms with Gasteiger partial charge >= 0.3 is 0 Å². The molecule has 4 aromatic rings. The summed E-state index contributed by atoms with van der Waals surface area (Å²) in [5.41, 5.74) is 3.24. The maximum absolute atomic E-state index is 13.2. The molecule has 4 rings (SSSR count). The minimum Gasteiger partial charge on any atom is -0.493 e. The second-order valence-corrected chi connectivity index (χ2v) is 7.54. The molecule has 0 aliphatic rings. The third-order valence-electron chi connectivity index (χ3n) is 5.48. The van der Waals surface area contributed by atoms with Crippen molar-refractivity contribution in [3.8, 4) is 11.5 Å².